The van der Waals surface area contributed by atoms with Crippen molar-refractivity contribution < 1.29 is 0 Å². The van der Waals surface area contributed by atoms with Gasteiger partial charge in [0.15, 0.2) is 0 Å². The van der Waals surface area contributed by atoms with Gasteiger partial charge in [-0.25, -0.2) is 0 Å². The van der Waals surface area contributed by atoms with Crippen molar-refractivity contribution in [3.8, 4) is 0 Å². The van der Waals surface area contributed by atoms with Gasteiger partial charge >= 0.3 is 0 Å². The molecule has 0 nitrogen and oxygen atoms in total. The van der Waals surface area contributed by atoms with Gasteiger partial charge in [0.2, 0.25) is 0 Å². The first-order valence-corrected chi connectivity index (χ1v) is 6.81. The molecule has 1 fully saturated rings. The van der Waals surface area contributed by atoms with Gasteiger partial charge in [-0.2, -0.15) is 0 Å². The SMILES string of the molecule is C=C/C=C1\C(=C/C)CCCC(C)(C)CC1(C)C. The first-order chi connectivity index (χ1) is 7.82. The number of rotatable bonds is 1. The van der Waals surface area contributed by atoms with Gasteiger partial charge in [-0.15, -0.1) is 0 Å². The van der Waals surface area contributed by atoms with E-state index in [2.05, 4.69) is 53.3 Å². The highest BCUT2D eigenvalue weighted by Crippen LogP contribution is 2.47. The van der Waals surface area contributed by atoms with E-state index in [4.69, 9.17) is 0 Å². The van der Waals surface area contributed by atoms with Crippen LogP contribution in [0, 0.1) is 10.8 Å². The van der Waals surface area contributed by atoms with Crippen LogP contribution >= 0.6 is 0 Å². The van der Waals surface area contributed by atoms with E-state index >= 15 is 0 Å². The van der Waals surface area contributed by atoms with Crippen molar-refractivity contribution in [2.75, 3.05) is 0 Å². The first-order valence-electron chi connectivity index (χ1n) is 6.81. The molecule has 0 aromatic heterocycles. The molecule has 1 saturated carbocycles. The van der Waals surface area contributed by atoms with E-state index in [0.717, 1.165) is 0 Å². The second-order valence-electron chi connectivity index (χ2n) is 6.71. The Hall–Kier alpha value is -0.780. The zero-order valence-electron chi connectivity index (χ0n) is 12.3. The lowest BCUT2D eigenvalue weighted by Gasteiger charge is -2.40. The van der Waals surface area contributed by atoms with Gasteiger partial charge in [0.05, 0.1) is 0 Å². The molecule has 1 aliphatic rings. The van der Waals surface area contributed by atoms with Crippen molar-refractivity contribution in [2.24, 2.45) is 10.8 Å². The third-order valence-electron chi connectivity index (χ3n) is 3.93. The summed E-state index contributed by atoms with van der Waals surface area (Å²) in [7, 11) is 0. The van der Waals surface area contributed by atoms with Gasteiger partial charge in [0.25, 0.3) is 0 Å². The molecule has 0 aromatic carbocycles. The molecular formula is C17H28. The first kappa shape index (κ1) is 14.3. The fourth-order valence-electron chi connectivity index (χ4n) is 3.46. The number of hydrogen-bond donors (Lipinski definition) is 0. The lowest BCUT2D eigenvalue weighted by molar-refractivity contribution is 0.201. The second kappa shape index (κ2) is 5.25. The quantitative estimate of drug-likeness (QED) is 0.546. The molecule has 0 amide bonds. The minimum Gasteiger partial charge on any atom is -0.0991 e. The molecule has 96 valence electrons. The molecule has 0 bridgehead atoms. The molecule has 0 saturated heterocycles. The Kier molecular flexibility index (Phi) is 4.41. The average molecular weight is 232 g/mol. The van der Waals surface area contributed by atoms with Crippen molar-refractivity contribution >= 4 is 0 Å². The average Bonchev–Trinajstić information content (AvgIpc) is 2.18. The molecule has 0 heterocycles. The zero-order valence-corrected chi connectivity index (χ0v) is 12.3. The Labute approximate surface area is 108 Å². The molecular weight excluding hydrogens is 204 g/mol. The highest BCUT2D eigenvalue weighted by atomic mass is 14.4. The molecule has 0 aliphatic heterocycles. The molecule has 0 N–H and O–H groups in total. The number of hydrogen-bond acceptors (Lipinski definition) is 0. The third kappa shape index (κ3) is 3.59. The van der Waals surface area contributed by atoms with E-state index in [9.17, 15) is 0 Å². The summed E-state index contributed by atoms with van der Waals surface area (Å²) in [4.78, 5) is 0. The van der Waals surface area contributed by atoms with Crippen LogP contribution in [0.4, 0.5) is 0 Å². The summed E-state index contributed by atoms with van der Waals surface area (Å²) in [5, 5.41) is 0. The maximum absolute atomic E-state index is 3.88. The Bertz CT molecular complexity index is 337. The Morgan fingerprint density at radius 2 is 1.82 bits per heavy atom. The molecule has 0 aromatic rings. The summed E-state index contributed by atoms with van der Waals surface area (Å²) >= 11 is 0. The van der Waals surface area contributed by atoms with Gasteiger partial charge in [-0.3, -0.25) is 0 Å². The van der Waals surface area contributed by atoms with E-state index in [1.807, 2.05) is 6.08 Å². The molecule has 0 unspecified atom stereocenters. The topological polar surface area (TPSA) is 0 Å². The van der Waals surface area contributed by atoms with Gasteiger partial charge in [-0.05, 0) is 54.6 Å². The third-order valence-corrected chi connectivity index (χ3v) is 3.93. The highest BCUT2D eigenvalue weighted by Gasteiger charge is 2.34. The van der Waals surface area contributed by atoms with Gasteiger partial charge in [0.1, 0.15) is 0 Å². The van der Waals surface area contributed by atoms with E-state index in [-0.39, 0.29) is 5.41 Å². The predicted molar refractivity (Wildman–Crippen MR) is 78.1 cm³/mol. The van der Waals surface area contributed by atoms with Crippen LogP contribution in [-0.2, 0) is 0 Å². The summed E-state index contributed by atoms with van der Waals surface area (Å²) in [6, 6.07) is 0. The zero-order chi connectivity index (χ0) is 13.1. The van der Waals surface area contributed by atoms with Crippen LogP contribution in [0.2, 0.25) is 0 Å². The van der Waals surface area contributed by atoms with Crippen LogP contribution in [0.15, 0.2) is 36.0 Å². The number of allylic oxidation sites excluding steroid dienone is 5. The lowest BCUT2D eigenvalue weighted by atomic mass is 9.65. The Morgan fingerprint density at radius 1 is 1.18 bits per heavy atom. The van der Waals surface area contributed by atoms with Crippen LogP contribution in [0.5, 0.6) is 0 Å². The molecule has 1 aliphatic carbocycles. The van der Waals surface area contributed by atoms with Crippen LogP contribution in [0.3, 0.4) is 0 Å². The van der Waals surface area contributed by atoms with E-state index in [1.165, 1.54) is 36.8 Å². The van der Waals surface area contributed by atoms with Gasteiger partial charge < -0.3 is 0 Å². The van der Waals surface area contributed by atoms with E-state index in [0.29, 0.717) is 5.41 Å². The minimum atomic E-state index is 0.250. The molecule has 0 heteroatoms. The Morgan fingerprint density at radius 3 is 2.35 bits per heavy atom. The van der Waals surface area contributed by atoms with Gasteiger partial charge in [0, 0.05) is 0 Å². The highest BCUT2D eigenvalue weighted by molar-refractivity contribution is 5.38. The van der Waals surface area contributed by atoms with E-state index < -0.39 is 0 Å². The monoisotopic (exact) mass is 232 g/mol. The largest absolute Gasteiger partial charge is 0.0991 e. The van der Waals surface area contributed by atoms with Gasteiger partial charge in [-0.1, -0.05) is 52.5 Å². The van der Waals surface area contributed by atoms with Crippen molar-refractivity contribution in [2.45, 2.75) is 60.3 Å². The lowest BCUT2D eigenvalue weighted by Crippen LogP contribution is -2.28. The molecule has 17 heavy (non-hydrogen) atoms. The maximum Gasteiger partial charge on any atom is -0.00959 e. The standard InChI is InChI=1S/C17H28/c1-7-10-15-14(8-2)11-9-12-16(3,4)13-17(15,5)6/h7-8,10H,1,9,11-13H2,2-6H3/b14-8-,15-10+. The van der Waals surface area contributed by atoms with Crippen LogP contribution in [0.1, 0.15) is 60.3 Å². The van der Waals surface area contributed by atoms with Crippen molar-refractivity contribution in [1.82, 2.24) is 0 Å². The fraction of sp³-hybridized carbons (Fsp3) is 0.647. The summed E-state index contributed by atoms with van der Waals surface area (Å²) in [6.45, 7) is 15.6. The second-order valence-corrected chi connectivity index (χ2v) is 6.71. The maximum atomic E-state index is 3.88. The summed E-state index contributed by atoms with van der Waals surface area (Å²) in [5.74, 6) is 0. The van der Waals surface area contributed by atoms with Crippen molar-refractivity contribution in [1.29, 1.82) is 0 Å². The summed E-state index contributed by atoms with van der Waals surface area (Å²) in [6.07, 6.45) is 11.5. The normalized spacial score (nSPS) is 28.8. The predicted octanol–water partition coefficient (Wildman–Crippen LogP) is 5.67. The minimum absolute atomic E-state index is 0.250. The Balaban J connectivity index is 3.17. The fourth-order valence-corrected chi connectivity index (χ4v) is 3.46. The van der Waals surface area contributed by atoms with Crippen LogP contribution in [-0.4, -0.2) is 0 Å². The summed E-state index contributed by atoms with van der Waals surface area (Å²) in [5.41, 5.74) is 3.70. The molecule has 0 radical (unpaired) electrons. The molecule has 1 rings (SSSR count). The molecule has 0 spiro atoms. The molecule has 0 atom stereocenters. The van der Waals surface area contributed by atoms with Crippen molar-refractivity contribution in [3.05, 3.63) is 36.0 Å². The summed E-state index contributed by atoms with van der Waals surface area (Å²) < 4.78 is 0. The smallest absolute Gasteiger partial charge is 0.00959 e. The van der Waals surface area contributed by atoms with Crippen LogP contribution in [0.25, 0.3) is 0 Å². The van der Waals surface area contributed by atoms with Crippen LogP contribution < -0.4 is 0 Å². The van der Waals surface area contributed by atoms with E-state index in [1.54, 1.807) is 0 Å². The van der Waals surface area contributed by atoms with Crippen molar-refractivity contribution in [3.63, 3.8) is 0 Å².